The molecule has 6 heteroatoms. The van der Waals surface area contributed by atoms with Gasteiger partial charge in [-0.25, -0.2) is 0 Å². The van der Waals surface area contributed by atoms with Gasteiger partial charge in [0.25, 0.3) is 10.1 Å². The first-order chi connectivity index (χ1) is 12.3. The van der Waals surface area contributed by atoms with Crippen LogP contribution in [0, 0.1) is 0 Å². The Morgan fingerprint density at radius 2 is 1.35 bits per heavy atom. The maximum atomic E-state index is 11.7. The molecule has 0 rings (SSSR count). The molecule has 0 bridgehead atoms. The van der Waals surface area contributed by atoms with E-state index in [-0.39, 0.29) is 5.91 Å². The van der Waals surface area contributed by atoms with Crippen LogP contribution in [0.3, 0.4) is 0 Å². The fourth-order valence-electron chi connectivity index (χ4n) is 2.99. The lowest BCUT2D eigenvalue weighted by Crippen LogP contribution is -2.40. The molecule has 5 nitrogen and oxygen atoms in total. The minimum absolute atomic E-state index is 0.333. The molecule has 0 heterocycles. The predicted molar refractivity (Wildman–Crippen MR) is 109 cm³/mol. The quantitative estimate of drug-likeness (QED) is 0.208. The summed E-state index contributed by atoms with van der Waals surface area (Å²) in [6.45, 7) is 7.36. The highest BCUT2D eigenvalue weighted by Gasteiger charge is 2.19. The zero-order valence-corrected chi connectivity index (χ0v) is 17.6. The van der Waals surface area contributed by atoms with Gasteiger partial charge in [-0.05, 0) is 13.3 Å². The van der Waals surface area contributed by atoms with E-state index in [9.17, 15) is 13.2 Å². The van der Waals surface area contributed by atoms with Crippen molar-refractivity contribution in [1.29, 1.82) is 0 Å². The molecule has 0 spiro atoms. The first kappa shape index (κ1) is 25.1. The Balaban J connectivity index is 3.78. The summed E-state index contributed by atoms with van der Waals surface area (Å²) in [5.41, 5.74) is 0.333. The summed E-state index contributed by atoms with van der Waals surface area (Å²) >= 11 is 0. The van der Waals surface area contributed by atoms with E-state index >= 15 is 0 Å². The third kappa shape index (κ3) is 16.6. The molecular weight excluding hydrogens is 350 g/mol. The zero-order chi connectivity index (χ0) is 19.8. The van der Waals surface area contributed by atoms with Gasteiger partial charge in [0.2, 0.25) is 5.91 Å². The Labute approximate surface area is 160 Å². The van der Waals surface area contributed by atoms with Crippen LogP contribution in [0.25, 0.3) is 0 Å². The lowest BCUT2D eigenvalue weighted by Gasteiger charge is -2.17. The molecule has 0 radical (unpaired) electrons. The second kappa shape index (κ2) is 15.2. The number of unbranched alkanes of at least 4 members (excludes halogenated alkanes) is 11. The molecule has 0 aromatic heterocycles. The number of amides is 1. The van der Waals surface area contributed by atoms with Crippen LogP contribution in [0.4, 0.5) is 0 Å². The third-order valence-electron chi connectivity index (χ3n) is 4.54. The molecule has 0 aliphatic carbocycles. The molecule has 26 heavy (non-hydrogen) atoms. The molecule has 0 saturated carbocycles. The average molecular weight is 390 g/mol. The van der Waals surface area contributed by atoms with Gasteiger partial charge < -0.3 is 5.32 Å². The van der Waals surface area contributed by atoms with E-state index in [4.69, 9.17) is 4.55 Å². The SMILES string of the molecule is C=C(C)C(=O)NC(CCCCCCCCCCCCCC)CS(=O)(=O)O. The van der Waals surface area contributed by atoms with Crippen LogP contribution in [0.1, 0.15) is 97.3 Å². The fraction of sp³-hybridized carbons (Fsp3) is 0.850. The summed E-state index contributed by atoms with van der Waals surface area (Å²) in [5, 5.41) is 2.64. The Morgan fingerprint density at radius 1 is 0.923 bits per heavy atom. The Hall–Kier alpha value is -0.880. The molecule has 0 aromatic carbocycles. The molecule has 0 saturated heterocycles. The number of hydrogen-bond donors (Lipinski definition) is 2. The molecule has 1 atom stereocenters. The van der Waals surface area contributed by atoms with Crippen molar-refractivity contribution in [2.24, 2.45) is 0 Å². The van der Waals surface area contributed by atoms with Crippen LogP contribution in [-0.4, -0.2) is 30.7 Å². The van der Waals surface area contributed by atoms with Gasteiger partial charge in [0.1, 0.15) is 0 Å². The van der Waals surface area contributed by atoms with E-state index in [1.54, 1.807) is 6.92 Å². The second-order valence-electron chi connectivity index (χ2n) is 7.38. The zero-order valence-electron chi connectivity index (χ0n) is 16.8. The molecule has 154 valence electrons. The standard InChI is InChI=1S/C20H39NO4S/c1-4-5-6-7-8-9-10-11-12-13-14-15-16-19(17-26(23,24)25)21-20(22)18(2)3/h19H,2,4-17H2,1,3H3,(H,21,22)(H,23,24,25). The van der Waals surface area contributed by atoms with Crippen molar-refractivity contribution in [3.8, 4) is 0 Å². The van der Waals surface area contributed by atoms with Gasteiger partial charge in [0, 0.05) is 11.6 Å². The number of rotatable bonds is 17. The van der Waals surface area contributed by atoms with Crippen LogP contribution < -0.4 is 5.32 Å². The minimum Gasteiger partial charge on any atom is -0.348 e. The molecule has 2 N–H and O–H groups in total. The smallest absolute Gasteiger partial charge is 0.266 e. The summed E-state index contributed by atoms with van der Waals surface area (Å²) in [6, 6.07) is -0.558. The molecule has 1 amide bonds. The van der Waals surface area contributed by atoms with Gasteiger partial charge in [-0.1, -0.05) is 90.6 Å². The van der Waals surface area contributed by atoms with Gasteiger partial charge in [-0.2, -0.15) is 8.42 Å². The van der Waals surface area contributed by atoms with Gasteiger partial charge in [0.05, 0.1) is 5.75 Å². The average Bonchev–Trinajstić information content (AvgIpc) is 2.54. The maximum Gasteiger partial charge on any atom is 0.266 e. The van der Waals surface area contributed by atoms with E-state index in [1.807, 2.05) is 0 Å². The molecule has 0 aromatic rings. The second-order valence-corrected chi connectivity index (χ2v) is 8.87. The number of carbonyl (C=O) groups excluding carboxylic acids is 1. The minimum atomic E-state index is -4.11. The van der Waals surface area contributed by atoms with Crippen molar-refractivity contribution >= 4 is 16.0 Å². The van der Waals surface area contributed by atoms with E-state index < -0.39 is 21.9 Å². The molecule has 0 aliphatic heterocycles. The molecular formula is C20H39NO4S. The van der Waals surface area contributed by atoms with Gasteiger partial charge >= 0.3 is 0 Å². The summed E-state index contributed by atoms with van der Waals surface area (Å²) in [5.74, 6) is -0.804. The van der Waals surface area contributed by atoms with Crippen LogP contribution in [0.5, 0.6) is 0 Å². The number of nitrogens with one attached hydrogen (secondary N) is 1. The van der Waals surface area contributed by atoms with Crippen LogP contribution >= 0.6 is 0 Å². The van der Waals surface area contributed by atoms with E-state index in [2.05, 4.69) is 18.8 Å². The van der Waals surface area contributed by atoms with Gasteiger partial charge in [-0.15, -0.1) is 0 Å². The molecule has 0 fully saturated rings. The van der Waals surface area contributed by atoms with Crippen LogP contribution in [0.2, 0.25) is 0 Å². The first-order valence-corrected chi connectivity index (χ1v) is 11.8. The molecule has 1 unspecified atom stereocenters. The Morgan fingerprint density at radius 3 is 1.73 bits per heavy atom. The highest BCUT2D eigenvalue weighted by Crippen LogP contribution is 2.13. The van der Waals surface area contributed by atoms with Crippen LogP contribution in [0.15, 0.2) is 12.2 Å². The fourth-order valence-corrected chi connectivity index (χ4v) is 3.75. The predicted octanol–water partition coefficient (Wildman–Crippen LogP) is 5.03. The van der Waals surface area contributed by atoms with Crippen molar-refractivity contribution in [1.82, 2.24) is 5.32 Å². The summed E-state index contributed by atoms with van der Waals surface area (Å²) in [7, 11) is -4.11. The lowest BCUT2D eigenvalue weighted by molar-refractivity contribution is -0.118. The topological polar surface area (TPSA) is 83.5 Å². The highest BCUT2D eigenvalue weighted by atomic mass is 32.2. The van der Waals surface area contributed by atoms with Crippen molar-refractivity contribution in [2.75, 3.05) is 5.75 Å². The van der Waals surface area contributed by atoms with E-state index in [0.717, 1.165) is 19.3 Å². The Bertz CT molecular complexity index is 488. The lowest BCUT2D eigenvalue weighted by atomic mass is 10.0. The third-order valence-corrected chi connectivity index (χ3v) is 5.36. The van der Waals surface area contributed by atoms with Gasteiger partial charge in [-0.3, -0.25) is 9.35 Å². The Kier molecular flexibility index (Phi) is 14.7. The van der Waals surface area contributed by atoms with Crippen LogP contribution in [-0.2, 0) is 14.9 Å². The van der Waals surface area contributed by atoms with E-state index in [0.29, 0.717) is 12.0 Å². The molecule has 0 aliphatic rings. The summed E-state index contributed by atoms with van der Waals surface area (Å²) < 4.78 is 31.2. The summed E-state index contributed by atoms with van der Waals surface area (Å²) in [6.07, 6.45) is 15.3. The normalized spacial score (nSPS) is 12.7. The number of hydrogen-bond acceptors (Lipinski definition) is 3. The van der Waals surface area contributed by atoms with Crippen molar-refractivity contribution in [3.05, 3.63) is 12.2 Å². The van der Waals surface area contributed by atoms with Crippen molar-refractivity contribution < 1.29 is 17.8 Å². The van der Waals surface area contributed by atoms with Crippen molar-refractivity contribution in [2.45, 2.75) is 103 Å². The largest absolute Gasteiger partial charge is 0.348 e. The highest BCUT2D eigenvalue weighted by molar-refractivity contribution is 7.85. The van der Waals surface area contributed by atoms with Gasteiger partial charge in [0.15, 0.2) is 0 Å². The number of carbonyl (C=O) groups is 1. The van der Waals surface area contributed by atoms with Crippen molar-refractivity contribution in [3.63, 3.8) is 0 Å². The summed E-state index contributed by atoms with van der Waals surface area (Å²) in [4.78, 5) is 11.7. The van der Waals surface area contributed by atoms with E-state index in [1.165, 1.54) is 57.8 Å². The maximum absolute atomic E-state index is 11.7. The monoisotopic (exact) mass is 389 g/mol. The first-order valence-electron chi connectivity index (χ1n) is 10.2.